The lowest BCUT2D eigenvalue weighted by atomic mass is 10.3. The second kappa shape index (κ2) is 6.02. The van der Waals surface area contributed by atoms with E-state index in [1.165, 1.54) is 12.1 Å². The Morgan fingerprint density at radius 1 is 1.35 bits per heavy atom. The summed E-state index contributed by atoms with van der Waals surface area (Å²) in [6.07, 6.45) is 2.09. The summed E-state index contributed by atoms with van der Waals surface area (Å²) in [6, 6.07) is 6.40. The van der Waals surface area contributed by atoms with E-state index in [4.69, 9.17) is 0 Å². The fourth-order valence-corrected chi connectivity index (χ4v) is 2.33. The number of unbranched alkanes of at least 4 members (excludes halogenated alkanes) is 1. The number of hydrogen-bond donors (Lipinski definition) is 1. The van der Waals surface area contributed by atoms with Gasteiger partial charge in [-0.05, 0) is 31.5 Å². The van der Waals surface area contributed by atoms with Crippen LogP contribution in [0.3, 0.4) is 0 Å². The molecule has 0 aliphatic carbocycles. The lowest BCUT2D eigenvalue weighted by Crippen LogP contribution is -2.15. The topological polar surface area (TPSA) is 66.1 Å². The van der Waals surface area contributed by atoms with Crippen molar-refractivity contribution in [1.29, 1.82) is 0 Å². The van der Waals surface area contributed by atoms with E-state index in [1.54, 1.807) is 12.1 Å². The Morgan fingerprint density at radius 2 is 2.06 bits per heavy atom. The molecule has 1 radical (unpaired) electrons. The van der Waals surface area contributed by atoms with Gasteiger partial charge >= 0.3 is 0 Å². The first kappa shape index (κ1) is 14.0. The number of hydrogen-bond acceptors (Lipinski definition) is 3. The van der Waals surface area contributed by atoms with E-state index in [-0.39, 0.29) is 4.90 Å². The van der Waals surface area contributed by atoms with Gasteiger partial charge in [-0.2, -0.15) is 0 Å². The summed E-state index contributed by atoms with van der Waals surface area (Å²) in [6.45, 7) is 4.03. The highest BCUT2D eigenvalue weighted by Crippen LogP contribution is 2.19. The molecular weight excluding hydrogens is 238 g/mol. The fourth-order valence-electron chi connectivity index (χ4n) is 1.38. The Labute approximate surface area is 103 Å². The zero-order chi connectivity index (χ0) is 12.9. The average Bonchev–Trinajstić information content (AvgIpc) is 2.29. The van der Waals surface area contributed by atoms with Gasteiger partial charge in [0.1, 0.15) is 0 Å². The minimum atomic E-state index is -3.73. The first-order valence-electron chi connectivity index (χ1n) is 5.72. The summed E-state index contributed by atoms with van der Waals surface area (Å²) >= 11 is 0. The maximum absolute atomic E-state index is 11.7. The monoisotopic (exact) mass is 256 g/mol. The molecule has 95 valence electrons. The summed E-state index contributed by atoms with van der Waals surface area (Å²) in [5, 5.41) is 14.2. The molecule has 0 fully saturated rings. The molecule has 1 rings (SSSR count). The number of anilines is 1. The van der Waals surface area contributed by atoms with Crippen LogP contribution in [0, 0.1) is 0 Å². The van der Waals surface area contributed by atoms with E-state index >= 15 is 0 Å². The summed E-state index contributed by atoms with van der Waals surface area (Å²) in [7, 11) is -3.73. The van der Waals surface area contributed by atoms with Crippen molar-refractivity contribution >= 4 is 15.5 Å². The third-order valence-electron chi connectivity index (χ3n) is 2.46. The highest BCUT2D eigenvalue weighted by atomic mass is 32.2. The zero-order valence-corrected chi connectivity index (χ0v) is 11.0. The first-order chi connectivity index (χ1) is 7.98. The Hall–Kier alpha value is -1.07. The number of sulfone groups is 1. The SMILES string of the molecule is CCCCNc1cccc(S(=O)(=O)C(C)[O])c1. The fraction of sp³-hybridized carbons (Fsp3) is 0.500. The molecule has 1 N–H and O–H groups in total. The van der Waals surface area contributed by atoms with Crippen molar-refractivity contribution in [2.75, 3.05) is 11.9 Å². The molecule has 1 unspecified atom stereocenters. The van der Waals surface area contributed by atoms with Gasteiger partial charge in [-0.15, -0.1) is 0 Å². The molecule has 0 saturated heterocycles. The smallest absolute Gasteiger partial charge is 0.208 e. The maximum Gasteiger partial charge on any atom is 0.208 e. The van der Waals surface area contributed by atoms with Gasteiger partial charge in [0.05, 0.1) is 4.90 Å². The van der Waals surface area contributed by atoms with Crippen LogP contribution in [-0.2, 0) is 14.9 Å². The van der Waals surface area contributed by atoms with Gasteiger partial charge in [0.25, 0.3) is 0 Å². The number of rotatable bonds is 6. The van der Waals surface area contributed by atoms with Gasteiger partial charge in [0.2, 0.25) is 9.84 Å². The van der Waals surface area contributed by atoms with Crippen LogP contribution >= 0.6 is 0 Å². The molecule has 0 bridgehead atoms. The maximum atomic E-state index is 11.7. The Morgan fingerprint density at radius 3 is 2.65 bits per heavy atom. The van der Waals surface area contributed by atoms with Gasteiger partial charge in [0.15, 0.2) is 5.44 Å². The summed E-state index contributed by atoms with van der Waals surface area (Å²) in [5.41, 5.74) is -0.895. The molecule has 0 heterocycles. The minimum absolute atomic E-state index is 0.0847. The summed E-state index contributed by atoms with van der Waals surface area (Å²) < 4.78 is 23.3. The molecule has 1 aromatic carbocycles. The van der Waals surface area contributed by atoms with Crippen LogP contribution in [0.1, 0.15) is 26.7 Å². The largest absolute Gasteiger partial charge is 0.385 e. The molecule has 4 nitrogen and oxygen atoms in total. The van der Waals surface area contributed by atoms with Crippen molar-refractivity contribution in [2.24, 2.45) is 0 Å². The number of nitrogens with one attached hydrogen (secondary N) is 1. The van der Waals surface area contributed by atoms with Crippen LogP contribution < -0.4 is 5.32 Å². The molecule has 0 spiro atoms. The lowest BCUT2D eigenvalue weighted by molar-refractivity contribution is 0.170. The van der Waals surface area contributed by atoms with Gasteiger partial charge in [-0.1, -0.05) is 19.4 Å². The van der Waals surface area contributed by atoms with Crippen molar-refractivity contribution in [3.63, 3.8) is 0 Å². The van der Waals surface area contributed by atoms with Gasteiger partial charge < -0.3 is 5.32 Å². The number of benzene rings is 1. The second-order valence-corrected chi connectivity index (χ2v) is 6.15. The van der Waals surface area contributed by atoms with Crippen LogP contribution in [-0.4, -0.2) is 20.4 Å². The predicted molar refractivity (Wildman–Crippen MR) is 67.2 cm³/mol. The molecule has 0 aromatic heterocycles. The van der Waals surface area contributed by atoms with E-state index in [0.717, 1.165) is 32.0 Å². The molecule has 1 aromatic rings. The van der Waals surface area contributed by atoms with Crippen LogP contribution in [0.25, 0.3) is 0 Å². The Kier molecular flexibility index (Phi) is 4.96. The van der Waals surface area contributed by atoms with Crippen LogP contribution in [0.15, 0.2) is 29.2 Å². The van der Waals surface area contributed by atoms with E-state index in [0.29, 0.717) is 0 Å². The van der Waals surface area contributed by atoms with E-state index in [2.05, 4.69) is 12.2 Å². The Bertz CT molecular complexity index is 455. The molecule has 1 atom stereocenters. The van der Waals surface area contributed by atoms with Crippen molar-refractivity contribution in [2.45, 2.75) is 37.0 Å². The highest BCUT2D eigenvalue weighted by Gasteiger charge is 2.22. The lowest BCUT2D eigenvalue weighted by Gasteiger charge is -2.09. The predicted octanol–water partition coefficient (Wildman–Crippen LogP) is 2.45. The van der Waals surface area contributed by atoms with Gasteiger partial charge in [0, 0.05) is 12.2 Å². The zero-order valence-electron chi connectivity index (χ0n) is 10.1. The molecule has 17 heavy (non-hydrogen) atoms. The molecule has 0 saturated carbocycles. The third kappa shape index (κ3) is 3.71. The molecule has 0 amide bonds. The standard InChI is InChI=1S/C12H18NO3S/c1-3-4-8-13-11-6-5-7-12(9-11)17(15,16)10(2)14/h5-7,9-10,13H,3-4,8H2,1-2H3. The quantitative estimate of drug-likeness (QED) is 0.795. The van der Waals surface area contributed by atoms with Gasteiger partial charge in [-0.25, -0.2) is 13.5 Å². The van der Waals surface area contributed by atoms with Gasteiger partial charge in [-0.3, -0.25) is 0 Å². The third-order valence-corrected chi connectivity index (χ3v) is 4.24. The minimum Gasteiger partial charge on any atom is -0.385 e. The Balaban J connectivity index is 2.86. The first-order valence-corrected chi connectivity index (χ1v) is 7.26. The van der Waals surface area contributed by atoms with Crippen LogP contribution in [0.4, 0.5) is 5.69 Å². The van der Waals surface area contributed by atoms with Crippen LogP contribution in [0.2, 0.25) is 0 Å². The second-order valence-electron chi connectivity index (χ2n) is 3.92. The van der Waals surface area contributed by atoms with Crippen molar-refractivity contribution in [1.82, 2.24) is 0 Å². The highest BCUT2D eigenvalue weighted by molar-refractivity contribution is 7.91. The average molecular weight is 256 g/mol. The normalized spacial score (nSPS) is 13.4. The van der Waals surface area contributed by atoms with Crippen molar-refractivity contribution < 1.29 is 13.5 Å². The molecule has 0 aliphatic heterocycles. The molecule has 0 aliphatic rings. The van der Waals surface area contributed by atoms with E-state index in [9.17, 15) is 13.5 Å². The summed E-state index contributed by atoms with van der Waals surface area (Å²) in [4.78, 5) is 0.0847. The van der Waals surface area contributed by atoms with Crippen molar-refractivity contribution in [3.8, 4) is 0 Å². The molecular formula is C12H18NO3S. The van der Waals surface area contributed by atoms with Crippen LogP contribution in [0.5, 0.6) is 0 Å². The molecule has 5 heteroatoms. The van der Waals surface area contributed by atoms with Crippen molar-refractivity contribution in [3.05, 3.63) is 24.3 Å². The van der Waals surface area contributed by atoms with E-state index in [1.807, 2.05) is 0 Å². The van der Waals surface area contributed by atoms with E-state index < -0.39 is 15.3 Å². The summed E-state index contributed by atoms with van der Waals surface area (Å²) in [5.74, 6) is 0.